The molecule has 25 heavy (non-hydrogen) atoms. The predicted molar refractivity (Wildman–Crippen MR) is 95.4 cm³/mol. The van der Waals surface area contributed by atoms with Gasteiger partial charge in [0.15, 0.2) is 0 Å². The number of nitrogens with zero attached hydrogens (tertiary/aromatic N) is 2. The highest BCUT2D eigenvalue weighted by Gasteiger charge is 2.09. The quantitative estimate of drug-likeness (QED) is 0.616. The van der Waals surface area contributed by atoms with Crippen molar-refractivity contribution in [1.29, 1.82) is 0 Å². The molecule has 0 fully saturated rings. The van der Waals surface area contributed by atoms with E-state index in [1.165, 1.54) is 17.9 Å². The Morgan fingerprint density at radius 3 is 2.80 bits per heavy atom. The molecule has 2 aromatic carbocycles. The first kappa shape index (κ1) is 17.0. The molecule has 1 heterocycles. The van der Waals surface area contributed by atoms with Gasteiger partial charge in [-0.2, -0.15) is 0 Å². The van der Waals surface area contributed by atoms with Crippen LogP contribution in [-0.4, -0.2) is 33.3 Å². The highest BCUT2D eigenvalue weighted by atomic mass is 16.5. The zero-order chi connectivity index (χ0) is 17.6. The summed E-state index contributed by atoms with van der Waals surface area (Å²) in [7, 11) is 0. The molecule has 0 aliphatic carbocycles. The number of imidazole rings is 1. The number of carbonyl (C=O) groups excluding carboxylic acids is 1. The van der Waals surface area contributed by atoms with E-state index in [9.17, 15) is 9.90 Å². The molecule has 0 spiro atoms. The Morgan fingerprint density at radius 2 is 2.04 bits per heavy atom. The van der Waals surface area contributed by atoms with Gasteiger partial charge >= 0.3 is 0 Å². The average molecular weight is 339 g/mol. The van der Waals surface area contributed by atoms with Crippen molar-refractivity contribution in [2.24, 2.45) is 5.73 Å². The minimum Gasteiger partial charge on any atom is -0.494 e. The van der Waals surface area contributed by atoms with Crippen molar-refractivity contribution in [3.8, 4) is 5.75 Å². The summed E-state index contributed by atoms with van der Waals surface area (Å²) >= 11 is 0. The second-order valence-electron chi connectivity index (χ2n) is 5.97. The molecule has 0 bridgehead atoms. The van der Waals surface area contributed by atoms with Crippen LogP contribution in [0.4, 0.5) is 0 Å². The fourth-order valence-corrected chi connectivity index (χ4v) is 2.69. The van der Waals surface area contributed by atoms with Gasteiger partial charge in [0.2, 0.25) is 0 Å². The van der Waals surface area contributed by atoms with Crippen LogP contribution in [0.15, 0.2) is 55.0 Å². The average Bonchev–Trinajstić information content (AvgIpc) is 3.07. The van der Waals surface area contributed by atoms with Gasteiger partial charge in [0.25, 0.3) is 5.91 Å². The molecule has 0 radical (unpaired) electrons. The third-order valence-electron chi connectivity index (χ3n) is 3.98. The highest BCUT2D eigenvalue weighted by molar-refractivity contribution is 5.90. The number of hydrogen-bond donors (Lipinski definition) is 2. The third-order valence-corrected chi connectivity index (χ3v) is 3.98. The van der Waals surface area contributed by atoms with E-state index in [1.54, 1.807) is 4.57 Å². The summed E-state index contributed by atoms with van der Waals surface area (Å²) in [6.07, 6.45) is 3.82. The van der Waals surface area contributed by atoms with E-state index in [0.717, 1.165) is 17.6 Å². The van der Waals surface area contributed by atoms with Crippen LogP contribution in [0.3, 0.4) is 0 Å². The molecular formula is C19H21N3O3. The van der Waals surface area contributed by atoms with E-state index in [4.69, 9.17) is 10.5 Å². The number of aliphatic hydroxyl groups excluding tert-OH is 1. The Balaban J connectivity index is 1.43. The van der Waals surface area contributed by atoms with Crippen LogP contribution >= 0.6 is 0 Å². The van der Waals surface area contributed by atoms with Gasteiger partial charge in [-0.3, -0.25) is 4.79 Å². The number of hydrogen-bond acceptors (Lipinski definition) is 4. The summed E-state index contributed by atoms with van der Waals surface area (Å²) < 4.78 is 7.42. The molecule has 0 saturated carbocycles. The number of rotatable bonds is 8. The molecule has 3 N–H and O–H groups in total. The van der Waals surface area contributed by atoms with Crippen LogP contribution in [0.25, 0.3) is 10.8 Å². The smallest absolute Gasteiger partial charge is 0.268 e. The topological polar surface area (TPSA) is 90.4 Å². The number of fused-ring (bicyclic) bond motifs is 1. The lowest BCUT2D eigenvalue weighted by Crippen LogP contribution is -2.16. The largest absolute Gasteiger partial charge is 0.494 e. The van der Waals surface area contributed by atoms with Gasteiger partial charge < -0.3 is 20.1 Å². The number of amides is 1. The molecule has 3 aromatic rings. The van der Waals surface area contributed by atoms with Crippen molar-refractivity contribution in [2.75, 3.05) is 6.61 Å². The van der Waals surface area contributed by atoms with Crippen molar-refractivity contribution < 1.29 is 14.6 Å². The first-order chi connectivity index (χ1) is 12.1. The summed E-state index contributed by atoms with van der Waals surface area (Å²) in [5, 5.41) is 12.4. The lowest BCUT2D eigenvalue weighted by molar-refractivity contribution is 0.0995. The van der Waals surface area contributed by atoms with E-state index in [-0.39, 0.29) is 5.69 Å². The fraction of sp³-hybridized carbons (Fsp3) is 0.263. The summed E-state index contributed by atoms with van der Waals surface area (Å²) in [5.74, 6) is 0.255. The Hall–Kier alpha value is -2.86. The zero-order valence-electron chi connectivity index (χ0n) is 13.8. The van der Waals surface area contributed by atoms with E-state index in [0.29, 0.717) is 19.6 Å². The zero-order valence-corrected chi connectivity index (χ0v) is 13.8. The molecule has 130 valence electrons. The molecule has 1 aromatic heterocycles. The molecule has 1 atom stereocenters. The fourth-order valence-electron chi connectivity index (χ4n) is 2.69. The second-order valence-corrected chi connectivity index (χ2v) is 5.97. The van der Waals surface area contributed by atoms with Crippen molar-refractivity contribution in [3.63, 3.8) is 0 Å². The first-order valence-electron chi connectivity index (χ1n) is 8.23. The van der Waals surface area contributed by atoms with Gasteiger partial charge in [-0.15, -0.1) is 0 Å². The predicted octanol–water partition coefficient (Wildman–Crippen LogP) is 2.36. The van der Waals surface area contributed by atoms with Crippen LogP contribution < -0.4 is 10.5 Å². The second kappa shape index (κ2) is 7.81. The molecule has 6 heteroatoms. The standard InChI is InChI=1S/C19H21N3O3/c20-19(24)18-12-22(13-21-18)11-16(23)6-3-9-25-17-8-7-14-4-1-2-5-15(14)10-17/h1-2,4-5,7-8,10,12-13,16,23H,3,6,9,11H2,(H2,20,24)/t16-/m0/s1. The molecular weight excluding hydrogens is 318 g/mol. The number of benzene rings is 2. The molecule has 6 nitrogen and oxygen atoms in total. The monoisotopic (exact) mass is 339 g/mol. The van der Waals surface area contributed by atoms with Gasteiger partial charge in [0.05, 0.1) is 19.0 Å². The number of ether oxygens (including phenoxy) is 1. The third kappa shape index (κ3) is 4.58. The molecule has 0 unspecified atom stereocenters. The maximum absolute atomic E-state index is 11.0. The van der Waals surface area contributed by atoms with E-state index in [1.807, 2.05) is 30.3 Å². The van der Waals surface area contributed by atoms with Crippen LogP contribution in [0, 0.1) is 0 Å². The Bertz CT molecular complexity index is 860. The Labute approximate surface area is 145 Å². The van der Waals surface area contributed by atoms with Crippen LogP contribution in [-0.2, 0) is 6.54 Å². The lowest BCUT2D eigenvalue weighted by atomic mass is 10.1. The summed E-state index contributed by atoms with van der Waals surface area (Å²) in [6.45, 7) is 0.905. The van der Waals surface area contributed by atoms with Crippen molar-refractivity contribution in [2.45, 2.75) is 25.5 Å². The van der Waals surface area contributed by atoms with Crippen molar-refractivity contribution >= 4 is 16.7 Å². The molecule has 0 aliphatic heterocycles. The number of aromatic nitrogens is 2. The van der Waals surface area contributed by atoms with E-state index in [2.05, 4.69) is 17.1 Å². The summed E-state index contributed by atoms with van der Waals surface area (Å²) in [6, 6.07) is 14.1. The molecule has 0 aliphatic rings. The normalized spacial score (nSPS) is 12.2. The van der Waals surface area contributed by atoms with Gasteiger partial charge in [0, 0.05) is 12.7 Å². The van der Waals surface area contributed by atoms with Crippen molar-refractivity contribution in [1.82, 2.24) is 9.55 Å². The van der Waals surface area contributed by atoms with Crippen molar-refractivity contribution in [3.05, 3.63) is 60.7 Å². The van der Waals surface area contributed by atoms with Crippen LogP contribution in [0.5, 0.6) is 5.75 Å². The van der Waals surface area contributed by atoms with Crippen LogP contribution in [0.2, 0.25) is 0 Å². The molecule has 3 rings (SSSR count). The highest BCUT2D eigenvalue weighted by Crippen LogP contribution is 2.20. The summed E-state index contributed by atoms with van der Waals surface area (Å²) in [5.41, 5.74) is 5.35. The SMILES string of the molecule is NC(=O)c1cn(C[C@@H](O)CCCOc2ccc3ccccc3c2)cn1. The number of primary amides is 1. The van der Waals surface area contributed by atoms with Gasteiger partial charge in [-0.1, -0.05) is 30.3 Å². The van der Waals surface area contributed by atoms with Gasteiger partial charge in [0.1, 0.15) is 11.4 Å². The number of nitrogens with two attached hydrogens (primary N) is 1. The van der Waals surface area contributed by atoms with Gasteiger partial charge in [-0.25, -0.2) is 4.98 Å². The molecule has 1 amide bonds. The summed E-state index contributed by atoms with van der Waals surface area (Å²) in [4.78, 5) is 14.9. The first-order valence-corrected chi connectivity index (χ1v) is 8.23. The maximum Gasteiger partial charge on any atom is 0.268 e. The Morgan fingerprint density at radius 1 is 1.24 bits per heavy atom. The minimum absolute atomic E-state index is 0.201. The maximum atomic E-state index is 11.0. The Kier molecular flexibility index (Phi) is 5.30. The van der Waals surface area contributed by atoms with Gasteiger partial charge in [-0.05, 0) is 35.7 Å². The van der Waals surface area contributed by atoms with Crippen LogP contribution in [0.1, 0.15) is 23.3 Å². The van der Waals surface area contributed by atoms with E-state index >= 15 is 0 Å². The number of carbonyl (C=O) groups is 1. The lowest BCUT2D eigenvalue weighted by Gasteiger charge is -2.12. The number of aliphatic hydroxyl groups is 1. The minimum atomic E-state index is -0.572. The van der Waals surface area contributed by atoms with E-state index < -0.39 is 12.0 Å². The molecule has 0 saturated heterocycles.